The highest BCUT2D eigenvalue weighted by molar-refractivity contribution is 5.36. The zero-order valence-electron chi connectivity index (χ0n) is 10.6. The van der Waals surface area contributed by atoms with Crippen molar-refractivity contribution in [2.45, 2.75) is 19.6 Å². The van der Waals surface area contributed by atoms with Crippen LogP contribution in [0, 0.1) is 5.82 Å². The van der Waals surface area contributed by atoms with Crippen molar-refractivity contribution in [3.8, 4) is 11.5 Å². The predicted molar refractivity (Wildman–Crippen MR) is 71.4 cm³/mol. The third kappa shape index (κ3) is 3.45. The summed E-state index contributed by atoms with van der Waals surface area (Å²) in [6.45, 7) is 2.07. The first-order chi connectivity index (χ1) is 9.06. The van der Waals surface area contributed by atoms with Gasteiger partial charge in [-0.05, 0) is 42.8 Å². The van der Waals surface area contributed by atoms with E-state index >= 15 is 0 Å². The minimum Gasteiger partial charge on any atom is -0.508 e. The standard InChI is InChI=1S/C15H16FNO2/c1-10(17)14-8-12(16)5-6-15(14)19-9-11-3-2-4-13(18)7-11/h2-8,10,18H,9,17H2,1H3. The Labute approximate surface area is 111 Å². The Hall–Kier alpha value is -2.07. The summed E-state index contributed by atoms with van der Waals surface area (Å²) in [7, 11) is 0. The van der Waals surface area contributed by atoms with E-state index in [9.17, 15) is 9.50 Å². The Balaban J connectivity index is 2.15. The van der Waals surface area contributed by atoms with E-state index in [0.717, 1.165) is 5.56 Å². The molecule has 4 heteroatoms. The van der Waals surface area contributed by atoms with E-state index in [0.29, 0.717) is 17.9 Å². The molecule has 0 fully saturated rings. The van der Waals surface area contributed by atoms with Crippen LogP contribution in [0.4, 0.5) is 4.39 Å². The average molecular weight is 261 g/mol. The fourth-order valence-electron chi connectivity index (χ4n) is 1.81. The van der Waals surface area contributed by atoms with E-state index in [1.54, 1.807) is 31.2 Å². The molecule has 100 valence electrons. The molecule has 1 atom stereocenters. The highest BCUT2D eigenvalue weighted by atomic mass is 19.1. The first-order valence-electron chi connectivity index (χ1n) is 6.02. The van der Waals surface area contributed by atoms with Crippen LogP contribution in [0.5, 0.6) is 11.5 Å². The molecule has 0 saturated carbocycles. The van der Waals surface area contributed by atoms with Crippen LogP contribution in [0.25, 0.3) is 0 Å². The van der Waals surface area contributed by atoms with Crippen LogP contribution in [-0.2, 0) is 6.61 Å². The lowest BCUT2D eigenvalue weighted by molar-refractivity contribution is 0.300. The van der Waals surface area contributed by atoms with Crippen LogP contribution in [-0.4, -0.2) is 5.11 Å². The summed E-state index contributed by atoms with van der Waals surface area (Å²) in [5, 5.41) is 9.36. The number of aromatic hydroxyl groups is 1. The van der Waals surface area contributed by atoms with E-state index in [-0.39, 0.29) is 17.6 Å². The Morgan fingerprint density at radius 1 is 1.26 bits per heavy atom. The largest absolute Gasteiger partial charge is 0.508 e. The van der Waals surface area contributed by atoms with Gasteiger partial charge in [0.1, 0.15) is 23.9 Å². The first-order valence-corrected chi connectivity index (χ1v) is 6.02. The number of hydrogen-bond acceptors (Lipinski definition) is 3. The zero-order chi connectivity index (χ0) is 13.8. The molecular weight excluding hydrogens is 245 g/mol. The second kappa shape index (κ2) is 5.71. The summed E-state index contributed by atoms with van der Waals surface area (Å²) in [6.07, 6.45) is 0. The molecule has 0 aromatic heterocycles. The number of phenols is 1. The van der Waals surface area contributed by atoms with E-state index in [4.69, 9.17) is 10.5 Å². The van der Waals surface area contributed by atoms with Crippen LogP contribution in [0.3, 0.4) is 0 Å². The predicted octanol–water partition coefficient (Wildman–Crippen LogP) is 3.13. The number of benzene rings is 2. The van der Waals surface area contributed by atoms with E-state index in [1.807, 2.05) is 6.07 Å². The second-order valence-corrected chi connectivity index (χ2v) is 4.43. The highest BCUT2D eigenvalue weighted by Crippen LogP contribution is 2.25. The Morgan fingerprint density at radius 2 is 2.05 bits per heavy atom. The van der Waals surface area contributed by atoms with Crippen molar-refractivity contribution >= 4 is 0 Å². The zero-order valence-corrected chi connectivity index (χ0v) is 10.6. The molecule has 1 unspecified atom stereocenters. The lowest BCUT2D eigenvalue weighted by atomic mass is 10.1. The third-order valence-corrected chi connectivity index (χ3v) is 2.77. The van der Waals surface area contributed by atoms with Crippen molar-refractivity contribution in [3.63, 3.8) is 0 Å². The highest BCUT2D eigenvalue weighted by Gasteiger charge is 2.09. The van der Waals surface area contributed by atoms with Gasteiger partial charge < -0.3 is 15.6 Å². The molecule has 0 heterocycles. The monoisotopic (exact) mass is 261 g/mol. The van der Waals surface area contributed by atoms with E-state index in [1.165, 1.54) is 12.1 Å². The smallest absolute Gasteiger partial charge is 0.124 e. The summed E-state index contributed by atoms with van der Waals surface area (Å²) in [6, 6.07) is 10.8. The van der Waals surface area contributed by atoms with Gasteiger partial charge in [-0.3, -0.25) is 0 Å². The molecule has 0 aliphatic heterocycles. The number of nitrogens with two attached hydrogens (primary N) is 1. The summed E-state index contributed by atoms with van der Waals surface area (Å²) >= 11 is 0. The maximum Gasteiger partial charge on any atom is 0.124 e. The van der Waals surface area contributed by atoms with Crippen molar-refractivity contribution in [1.82, 2.24) is 0 Å². The molecule has 0 spiro atoms. The topological polar surface area (TPSA) is 55.5 Å². The molecule has 0 saturated heterocycles. The number of rotatable bonds is 4. The molecule has 0 bridgehead atoms. The molecule has 2 aromatic carbocycles. The molecule has 0 aliphatic rings. The minimum atomic E-state index is -0.336. The van der Waals surface area contributed by atoms with Crippen molar-refractivity contribution in [2.24, 2.45) is 5.73 Å². The number of phenolic OH excluding ortho intramolecular Hbond substituents is 1. The van der Waals surface area contributed by atoms with Gasteiger partial charge in [0, 0.05) is 11.6 Å². The van der Waals surface area contributed by atoms with Gasteiger partial charge in [-0.2, -0.15) is 0 Å². The number of hydrogen-bond donors (Lipinski definition) is 2. The number of halogens is 1. The summed E-state index contributed by atoms with van der Waals surface area (Å²) in [5.41, 5.74) is 7.25. The molecule has 0 radical (unpaired) electrons. The van der Waals surface area contributed by atoms with Crippen LogP contribution in [0.1, 0.15) is 24.1 Å². The second-order valence-electron chi connectivity index (χ2n) is 4.43. The van der Waals surface area contributed by atoms with E-state index < -0.39 is 0 Å². The Morgan fingerprint density at radius 3 is 2.74 bits per heavy atom. The van der Waals surface area contributed by atoms with Crippen molar-refractivity contribution in [3.05, 3.63) is 59.4 Å². The third-order valence-electron chi connectivity index (χ3n) is 2.77. The van der Waals surface area contributed by atoms with Crippen molar-refractivity contribution < 1.29 is 14.2 Å². The van der Waals surface area contributed by atoms with Crippen LogP contribution >= 0.6 is 0 Å². The molecule has 3 N–H and O–H groups in total. The lowest BCUT2D eigenvalue weighted by Crippen LogP contribution is -2.08. The SMILES string of the molecule is CC(N)c1cc(F)ccc1OCc1cccc(O)c1. The molecule has 0 aliphatic carbocycles. The minimum absolute atomic E-state index is 0.188. The Kier molecular flexibility index (Phi) is 4.02. The van der Waals surface area contributed by atoms with Gasteiger partial charge in [-0.1, -0.05) is 12.1 Å². The summed E-state index contributed by atoms with van der Waals surface area (Å²) < 4.78 is 18.8. The van der Waals surface area contributed by atoms with Crippen molar-refractivity contribution in [1.29, 1.82) is 0 Å². The number of ether oxygens (including phenoxy) is 1. The molecule has 19 heavy (non-hydrogen) atoms. The molecule has 2 rings (SSSR count). The fraction of sp³-hybridized carbons (Fsp3) is 0.200. The normalized spacial score (nSPS) is 12.2. The summed E-state index contributed by atoms with van der Waals surface area (Å²) in [4.78, 5) is 0. The molecule has 0 amide bonds. The van der Waals surface area contributed by atoms with Gasteiger partial charge in [0.15, 0.2) is 0 Å². The van der Waals surface area contributed by atoms with Crippen LogP contribution < -0.4 is 10.5 Å². The van der Waals surface area contributed by atoms with Gasteiger partial charge in [0.05, 0.1) is 0 Å². The van der Waals surface area contributed by atoms with Gasteiger partial charge in [-0.25, -0.2) is 4.39 Å². The fourth-order valence-corrected chi connectivity index (χ4v) is 1.81. The van der Waals surface area contributed by atoms with Gasteiger partial charge >= 0.3 is 0 Å². The first kappa shape index (κ1) is 13.4. The average Bonchev–Trinajstić information content (AvgIpc) is 2.37. The van der Waals surface area contributed by atoms with Crippen LogP contribution in [0.2, 0.25) is 0 Å². The molecule has 2 aromatic rings. The van der Waals surface area contributed by atoms with Gasteiger partial charge in [-0.15, -0.1) is 0 Å². The lowest BCUT2D eigenvalue weighted by Gasteiger charge is -2.14. The maximum absolute atomic E-state index is 13.2. The molecule has 3 nitrogen and oxygen atoms in total. The van der Waals surface area contributed by atoms with E-state index in [2.05, 4.69) is 0 Å². The molecular formula is C15H16FNO2. The quantitative estimate of drug-likeness (QED) is 0.889. The Bertz CT molecular complexity index is 570. The van der Waals surface area contributed by atoms with Crippen LogP contribution in [0.15, 0.2) is 42.5 Å². The van der Waals surface area contributed by atoms with Crippen molar-refractivity contribution in [2.75, 3.05) is 0 Å². The van der Waals surface area contributed by atoms with Gasteiger partial charge in [0.2, 0.25) is 0 Å². The summed E-state index contributed by atoms with van der Waals surface area (Å²) in [5.74, 6) is 0.407. The van der Waals surface area contributed by atoms with Gasteiger partial charge in [0.25, 0.3) is 0 Å². The maximum atomic E-state index is 13.2.